The van der Waals surface area contributed by atoms with E-state index < -0.39 is 0 Å². The van der Waals surface area contributed by atoms with Gasteiger partial charge in [0.05, 0.1) is 0 Å². The van der Waals surface area contributed by atoms with Crippen molar-refractivity contribution in [2.45, 2.75) is 39.5 Å². The van der Waals surface area contributed by atoms with Crippen LogP contribution in [0.5, 0.6) is 0 Å². The van der Waals surface area contributed by atoms with Gasteiger partial charge in [0, 0.05) is 9.50 Å². The fraction of sp³-hybridized carbons (Fsp3) is 0.647. The highest BCUT2D eigenvalue weighted by Gasteiger charge is 2.28. The van der Waals surface area contributed by atoms with Crippen LogP contribution in [-0.4, -0.2) is 13.1 Å². The number of hydrogen-bond donors (Lipinski definition) is 1. The summed E-state index contributed by atoms with van der Waals surface area (Å²) in [6.45, 7) is 6.80. The molecule has 1 saturated carbocycles. The predicted molar refractivity (Wildman–Crippen MR) is 91.4 cm³/mol. The molecule has 0 heterocycles. The van der Waals surface area contributed by atoms with E-state index in [0.717, 1.165) is 46.8 Å². The van der Waals surface area contributed by atoms with Crippen LogP contribution in [0, 0.1) is 17.8 Å². The van der Waals surface area contributed by atoms with E-state index in [2.05, 4.69) is 47.2 Å². The Morgan fingerprint density at radius 2 is 2.10 bits per heavy atom. The van der Waals surface area contributed by atoms with Crippen molar-refractivity contribution in [1.82, 2.24) is 5.32 Å². The van der Waals surface area contributed by atoms with E-state index in [0.29, 0.717) is 0 Å². The first-order chi connectivity index (χ1) is 9.60. The van der Waals surface area contributed by atoms with Crippen LogP contribution < -0.4 is 5.32 Å². The molecule has 0 bridgehead atoms. The van der Waals surface area contributed by atoms with Crippen molar-refractivity contribution in [3.05, 3.63) is 33.3 Å². The van der Waals surface area contributed by atoms with Gasteiger partial charge in [-0.1, -0.05) is 53.9 Å². The molecule has 1 fully saturated rings. The number of hydrogen-bond acceptors (Lipinski definition) is 1. The van der Waals surface area contributed by atoms with Gasteiger partial charge in [-0.25, -0.2) is 0 Å². The Morgan fingerprint density at radius 1 is 1.30 bits per heavy atom. The van der Waals surface area contributed by atoms with E-state index in [9.17, 15) is 0 Å². The van der Waals surface area contributed by atoms with Crippen LogP contribution in [0.4, 0.5) is 0 Å². The molecule has 3 heteroatoms. The monoisotopic (exact) mass is 357 g/mol. The smallest absolute Gasteiger partial charge is 0.0449 e. The number of nitrogens with one attached hydrogen (secondary N) is 1. The second-order valence-electron chi connectivity index (χ2n) is 6.19. The molecular weight excluding hydrogens is 334 g/mol. The second kappa shape index (κ2) is 7.82. The highest BCUT2D eigenvalue weighted by molar-refractivity contribution is 9.10. The van der Waals surface area contributed by atoms with Gasteiger partial charge in [0.15, 0.2) is 0 Å². The van der Waals surface area contributed by atoms with Crippen LogP contribution in [0.25, 0.3) is 0 Å². The molecule has 0 aromatic heterocycles. The van der Waals surface area contributed by atoms with Crippen LogP contribution in [-0.2, 0) is 6.42 Å². The van der Waals surface area contributed by atoms with E-state index in [-0.39, 0.29) is 0 Å². The Bertz CT molecular complexity index is 433. The van der Waals surface area contributed by atoms with Gasteiger partial charge in [0.1, 0.15) is 0 Å². The van der Waals surface area contributed by atoms with E-state index in [4.69, 9.17) is 11.6 Å². The lowest BCUT2D eigenvalue weighted by atomic mass is 9.72. The summed E-state index contributed by atoms with van der Waals surface area (Å²) in [5.41, 5.74) is 1.30. The van der Waals surface area contributed by atoms with Gasteiger partial charge in [-0.15, -0.1) is 0 Å². The second-order valence-corrected chi connectivity index (χ2v) is 7.51. The maximum atomic E-state index is 6.39. The molecule has 0 spiro atoms. The summed E-state index contributed by atoms with van der Waals surface area (Å²) in [6.07, 6.45) is 5.18. The topological polar surface area (TPSA) is 12.0 Å². The minimum absolute atomic E-state index is 0.761. The lowest BCUT2D eigenvalue weighted by molar-refractivity contribution is 0.184. The van der Waals surface area contributed by atoms with Gasteiger partial charge < -0.3 is 5.32 Å². The van der Waals surface area contributed by atoms with Gasteiger partial charge >= 0.3 is 0 Å². The van der Waals surface area contributed by atoms with Crippen molar-refractivity contribution in [3.63, 3.8) is 0 Å². The molecule has 0 aliphatic heterocycles. The maximum Gasteiger partial charge on any atom is 0.0449 e. The number of rotatable bonds is 5. The zero-order valence-corrected chi connectivity index (χ0v) is 14.8. The molecule has 1 aromatic rings. The van der Waals surface area contributed by atoms with Crippen LogP contribution >= 0.6 is 27.5 Å². The first kappa shape index (κ1) is 16.3. The van der Waals surface area contributed by atoms with E-state index >= 15 is 0 Å². The Balaban J connectivity index is 2.06. The molecule has 112 valence electrons. The Hall–Kier alpha value is -0.0500. The highest BCUT2D eigenvalue weighted by atomic mass is 79.9. The largest absolute Gasteiger partial charge is 0.317 e. The molecule has 1 aromatic carbocycles. The summed E-state index contributed by atoms with van der Waals surface area (Å²) in [5, 5.41) is 4.43. The van der Waals surface area contributed by atoms with Gasteiger partial charge in [0.2, 0.25) is 0 Å². The molecule has 1 aliphatic carbocycles. The minimum atomic E-state index is 0.761. The van der Waals surface area contributed by atoms with Gasteiger partial charge in [-0.3, -0.25) is 0 Å². The van der Waals surface area contributed by atoms with Crippen LogP contribution in [0.2, 0.25) is 5.02 Å². The van der Waals surface area contributed by atoms with E-state index in [1.54, 1.807) is 0 Å². The SMILES string of the molecule is CCNCC1CCC(C)CC1Cc1ccc(Br)cc1Cl. The molecule has 0 saturated heterocycles. The third kappa shape index (κ3) is 4.47. The Morgan fingerprint density at radius 3 is 2.80 bits per heavy atom. The van der Waals surface area contributed by atoms with E-state index in [1.807, 2.05) is 6.07 Å². The van der Waals surface area contributed by atoms with Gasteiger partial charge in [0.25, 0.3) is 0 Å². The molecule has 1 N–H and O–H groups in total. The third-order valence-corrected chi connectivity index (χ3v) is 5.40. The van der Waals surface area contributed by atoms with E-state index in [1.165, 1.54) is 24.8 Å². The van der Waals surface area contributed by atoms with Crippen LogP contribution in [0.3, 0.4) is 0 Å². The lowest BCUT2D eigenvalue weighted by Crippen LogP contribution is -2.33. The summed E-state index contributed by atoms with van der Waals surface area (Å²) in [4.78, 5) is 0. The average Bonchev–Trinajstić information content (AvgIpc) is 2.41. The highest BCUT2D eigenvalue weighted by Crippen LogP contribution is 2.37. The molecular formula is C17H25BrClN. The Kier molecular flexibility index (Phi) is 6.38. The average molecular weight is 359 g/mol. The van der Waals surface area contributed by atoms with Crippen molar-refractivity contribution in [3.8, 4) is 0 Å². The maximum absolute atomic E-state index is 6.39. The summed E-state index contributed by atoms with van der Waals surface area (Å²) < 4.78 is 1.06. The van der Waals surface area contributed by atoms with Crippen molar-refractivity contribution in [2.24, 2.45) is 17.8 Å². The lowest BCUT2D eigenvalue weighted by Gasteiger charge is -2.35. The molecule has 3 unspecified atom stereocenters. The van der Waals surface area contributed by atoms with Crippen LogP contribution in [0.15, 0.2) is 22.7 Å². The quantitative estimate of drug-likeness (QED) is 0.752. The fourth-order valence-corrected chi connectivity index (χ4v) is 4.13. The van der Waals surface area contributed by atoms with Crippen molar-refractivity contribution < 1.29 is 0 Å². The molecule has 3 atom stereocenters. The summed E-state index contributed by atoms with van der Waals surface area (Å²) in [5.74, 6) is 2.41. The molecule has 0 radical (unpaired) electrons. The van der Waals surface area contributed by atoms with Gasteiger partial charge in [-0.2, -0.15) is 0 Å². The predicted octanol–water partition coefficient (Wildman–Crippen LogP) is 5.31. The molecule has 1 aliphatic rings. The number of halogens is 2. The third-order valence-electron chi connectivity index (χ3n) is 4.56. The van der Waals surface area contributed by atoms with Crippen molar-refractivity contribution >= 4 is 27.5 Å². The molecule has 20 heavy (non-hydrogen) atoms. The summed E-state index contributed by atoms with van der Waals surface area (Å²) in [6, 6.07) is 6.30. The van der Waals surface area contributed by atoms with Crippen molar-refractivity contribution in [2.75, 3.05) is 13.1 Å². The van der Waals surface area contributed by atoms with Crippen LogP contribution in [0.1, 0.15) is 38.7 Å². The van der Waals surface area contributed by atoms with Gasteiger partial charge in [-0.05, 0) is 67.8 Å². The Labute approximate surface area is 136 Å². The summed E-state index contributed by atoms with van der Waals surface area (Å²) in [7, 11) is 0. The molecule has 0 amide bonds. The number of benzene rings is 1. The first-order valence-electron chi connectivity index (χ1n) is 7.74. The zero-order valence-electron chi connectivity index (χ0n) is 12.5. The zero-order chi connectivity index (χ0) is 14.5. The minimum Gasteiger partial charge on any atom is -0.317 e. The molecule has 1 nitrogen and oxygen atoms in total. The summed E-state index contributed by atoms with van der Waals surface area (Å²) >= 11 is 9.87. The fourth-order valence-electron chi connectivity index (χ4n) is 3.38. The normalized spacial score (nSPS) is 26.7. The van der Waals surface area contributed by atoms with Crippen molar-refractivity contribution in [1.29, 1.82) is 0 Å². The first-order valence-corrected chi connectivity index (χ1v) is 8.91. The molecule has 2 rings (SSSR count). The standard InChI is InChI=1S/C17H25BrClN/c1-3-20-11-14-5-4-12(2)8-15(14)9-13-6-7-16(18)10-17(13)19/h6-7,10,12,14-15,20H,3-5,8-9,11H2,1-2H3.